The Labute approximate surface area is 132 Å². The summed E-state index contributed by atoms with van der Waals surface area (Å²) in [5.41, 5.74) is 0.705. The lowest BCUT2D eigenvalue weighted by atomic mass is 9.90. The summed E-state index contributed by atoms with van der Waals surface area (Å²) in [7, 11) is 0. The van der Waals surface area contributed by atoms with E-state index in [2.05, 4.69) is 21.3 Å². The highest BCUT2D eigenvalue weighted by Crippen LogP contribution is 2.24. The van der Waals surface area contributed by atoms with Crippen LogP contribution >= 0.6 is 23.1 Å². The third-order valence-electron chi connectivity index (χ3n) is 2.92. The van der Waals surface area contributed by atoms with E-state index in [0.717, 1.165) is 29.3 Å². The first-order valence-corrected chi connectivity index (χ1v) is 8.62. The van der Waals surface area contributed by atoms with Crippen LogP contribution in [0.2, 0.25) is 0 Å². The van der Waals surface area contributed by atoms with Crippen molar-refractivity contribution in [2.45, 2.75) is 45.3 Å². The van der Waals surface area contributed by atoms with E-state index in [1.807, 2.05) is 26.2 Å². The molecular formula is C14H18N4OS2. The van der Waals surface area contributed by atoms with Crippen LogP contribution in [0.1, 0.15) is 43.3 Å². The topological polar surface area (TPSA) is 75.6 Å². The van der Waals surface area contributed by atoms with Gasteiger partial charge in [-0.1, -0.05) is 11.8 Å². The average Bonchev–Trinajstić information content (AvgIpc) is 3.05. The first-order chi connectivity index (χ1) is 9.98. The number of hydrogen-bond acceptors (Lipinski definition) is 7. The molecule has 0 saturated carbocycles. The van der Waals surface area contributed by atoms with Gasteiger partial charge in [0.1, 0.15) is 0 Å². The molecule has 0 atom stereocenters. The second-order valence-corrected chi connectivity index (χ2v) is 7.55. The smallest absolute Gasteiger partial charge is 0.276 e. The molecule has 5 nitrogen and oxygen atoms in total. The van der Waals surface area contributed by atoms with Crippen LogP contribution in [0, 0.1) is 23.7 Å². The predicted octanol–water partition coefficient (Wildman–Crippen LogP) is 3.85. The third-order valence-corrected chi connectivity index (χ3v) is 4.65. The zero-order chi connectivity index (χ0) is 15.3. The minimum Gasteiger partial charge on any atom is -0.416 e. The van der Waals surface area contributed by atoms with E-state index >= 15 is 0 Å². The second-order valence-electron chi connectivity index (χ2n) is 5.44. The van der Waals surface area contributed by atoms with Gasteiger partial charge in [-0.2, -0.15) is 5.26 Å². The van der Waals surface area contributed by atoms with Crippen LogP contribution in [0.3, 0.4) is 0 Å². The Hall–Kier alpha value is -1.39. The molecule has 112 valence electrons. The molecule has 7 heteroatoms. The molecule has 0 saturated heterocycles. The molecule has 0 unspecified atom stereocenters. The van der Waals surface area contributed by atoms with Crippen LogP contribution in [-0.2, 0) is 6.42 Å². The fraction of sp³-hybridized carbons (Fsp3) is 0.571. The van der Waals surface area contributed by atoms with Gasteiger partial charge in [0.15, 0.2) is 0 Å². The number of nitriles is 1. The first kappa shape index (κ1) is 16.0. The molecule has 0 aliphatic heterocycles. The van der Waals surface area contributed by atoms with E-state index in [4.69, 9.17) is 9.68 Å². The minimum atomic E-state index is -0.261. The summed E-state index contributed by atoms with van der Waals surface area (Å²) in [5.74, 6) is 1.47. The van der Waals surface area contributed by atoms with Crippen molar-refractivity contribution in [3.63, 3.8) is 0 Å². The molecule has 0 aliphatic carbocycles. The molecule has 0 N–H and O–H groups in total. The van der Waals surface area contributed by atoms with Crippen molar-refractivity contribution in [1.29, 1.82) is 5.26 Å². The Morgan fingerprint density at radius 2 is 2.24 bits per heavy atom. The van der Waals surface area contributed by atoms with Crippen LogP contribution in [0.15, 0.2) is 15.0 Å². The summed E-state index contributed by atoms with van der Waals surface area (Å²) in [6.07, 6.45) is 2.41. The quantitative estimate of drug-likeness (QED) is 0.569. The lowest BCUT2D eigenvalue weighted by Crippen LogP contribution is -2.07. The standard InChI is InChI=1S/C14H18N4OS2/c1-10-16-11(8-21-10)7-12-17-18-13(19-12)20-6-4-5-14(2,3)9-15/h8H,4-7H2,1-3H3. The Kier molecular flexibility index (Phi) is 5.37. The molecule has 0 aromatic carbocycles. The molecule has 2 aromatic heterocycles. The van der Waals surface area contributed by atoms with E-state index in [1.54, 1.807) is 23.1 Å². The minimum absolute atomic E-state index is 0.261. The number of thioether (sulfide) groups is 1. The second kappa shape index (κ2) is 7.05. The largest absolute Gasteiger partial charge is 0.416 e. The van der Waals surface area contributed by atoms with Gasteiger partial charge in [-0.05, 0) is 33.6 Å². The van der Waals surface area contributed by atoms with Gasteiger partial charge in [-0.25, -0.2) is 4.98 Å². The van der Waals surface area contributed by atoms with Crippen molar-refractivity contribution >= 4 is 23.1 Å². The summed E-state index contributed by atoms with van der Waals surface area (Å²) in [5, 5.41) is 20.7. The number of hydrogen-bond donors (Lipinski definition) is 0. The average molecular weight is 322 g/mol. The first-order valence-electron chi connectivity index (χ1n) is 6.76. The van der Waals surface area contributed by atoms with Crippen LogP contribution in [0.25, 0.3) is 0 Å². The Balaban J connectivity index is 1.77. The molecule has 0 aliphatic rings. The Morgan fingerprint density at radius 3 is 2.90 bits per heavy atom. The van der Waals surface area contributed by atoms with Crippen molar-refractivity contribution in [3.8, 4) is 6.07 Å². The van der Waals surface area contributed by atoms with E-state index in [1.165, 1.54) is 0 Å². The molecule has 0 amide bonds. The zero-order valence-corrected chi connectivity index (χ0v) is 14.1. The predicted molar refractivity (Wildman–Crippen MR) is 83.3 cm³/mol. The van der Waals surface area contributed by atoms with Crippen molar-refractivity contribution in [3.05, 3.63) is 22.0 Å². The van der Waals surface area contributed by atoms with Gasteiger partial charge in [-0.15, -0.1) is 21.5 Å². The third kappa shape index (κ3) is 5.14. The van der Waals surface area contributed by atoms with Crippen molar-refractivity contribution in [2.24, 2.45) is 5.41 Å². The molecule has 0 bridgehead atoms. The lowest BCUT2D eigenvalue weighted by molar-refractivity contribution is 0.418. The number of nitrogens with zero attached hydrogens (tertiary/aromatic N) is 4. The number of aromatic nitrogens is 3. The molecule has 21 heavy (non-hydrogen) atoms. The van der Waals surface area contributed by atoms with Gasteiger partial charge in [-0.3, -0.25) is 0 Å². The maximum Gasteiger partial charge on any atom is 0.276 e. The maximum atomic E-state index is 8.95. The molecular weight excluding hydrogens is 304 g/mol. The molecule has 2 rings (SSSR count). The van der Waals surface area contributed by atoms with Gasteiger partial charge in [0, 0.05) is 11.1 Å². The zero-order valence-electron chi connectivity index (χ0n) is 12.4. The number of rotatable bonds is 7. The van der Waals surface area contributed by atoms with Gasteiger partial charge < -0.3 is 4.42 Å². The van der Waals surface area contributed by atoms with E-state index in [0.29, 0.717) is 17.5 Å². The van der Waals surface area contributed by atoms with Crippen LogP contribution in [0.5, 0.6) is 0 Å². The van der Waals surface area contributed by atoms with E-state index in [9.17, 15) is 0 Å². The van der Waals surface area contributed by atoms with Crippen LogP contribution in [-0.4, -0.2) is 20.9 Å². The normalized spacial score (nSPS) is 11.5. The Bertz CT molecular complexity index is 627. The summed E-state index contributed by atoms with van der Waals surface area (Å²) in [6.45, 7) is 5.89. The number of aryl methyl sites for hydroxylation is 1. The highest BCUT2D eigenvalue weighted by Gasteiger charge is 2.16. The summed E-state index contributed by atoms with van der Waals surface area (Å²) in [6, 6.07) is 2.31. The van der Waals surface area contributed by atoms with Gasteiger partial charge in [0.05, 0.1) is 28.6 Å². The number of thiazole rings is 1. The summed E-state index contributed by atoms with van der Waals surface area (Å²) < 4.78 is 5.60. The van der Waals surface area contributed by atoms with Gasteiger partial charge in [0.2, 0.25) is 5.89 Å². The highest BCUT2D eigenvalue weighted by atomic mass is 32.2. The fourth-order valence-electron chi connectivity index (χ4n) is 1.74. The molecule has 0 radical (unpaired) electrons. The SMILES string of the molecule is Cc1nc(Cc2nnc(SCCCC(C)(C)C#N)o2)cs1. The van der Waals surface area contributed by atoms with E-state index in [-0.39, 0.29) is 5.41 Å². The van der Waals surface area contributed by atoms with Crippen molar-refractivity contribution in [1.82, 2.24) is 15.2 Å². The van der Waals surface area contributed by atoms with Gasteiger partial charge in [0.25, 0.3) is 5.22 Å². The molecule has 0 spiro atoms. The molecule has 0 fully saturated rings. The van der Waals surface area contributed by atoms with Crippen molar-refractivity contribution < 1.29 is 4.42 Å². The highest BCUT2D eigenvalue weighted by molar-refractivity contribution is 7.99. The summed E-state index contributed by atoms with van der Waals surface area (Å²) in [4.78, 5) is 4.38. The maximum absolute atomic E-state index is 8.95. The molecule has 2 heterocycles. The van der Waals surface area contributed by atoms with Crippen LogP contribution < -0.4 is 0 Å². The summed E-state index contributed by atoms with van der Waals surface area (Å²) >= 11 is 3.16. The van der Waals surface area contributed by atoms with Crippen LogP contribution in [0.4, 0.5) is 0 Å². The Morgan fingerprint density at radius 1 is 1.43 bits per heavy atom. The fourth-order valence-corrected chi connectivity index (χ4v) is 3.07. The van der Waals surface area contributed by atoms with Crippen molar-refractivity contribution in [2.75, 3.05) is 5.75 Å². The molecule has 2 aromatic rings. The van der Waals surface area contributed by atoms with E-state index < -0.39 is 0 Å². The van der Waals surface area contributed by atoms with Gasteiger partial charge >= 0.3 is 0 Å². The monoisotopic (exact) mass is 322 g/mol. The lowest BCUT2D eigenvalue weighted by Gasteiger charge is -2.13.